The van der Waals surface area contributed by atoms with Crippen LogP contribution in [0.15, 0.2) is 109 Å². The first-order chi connectivity index (χ1) is 34.2. The average Bonchev–Trinajstić information content (AvgIpc) is 3.37. The number of hydrogen-bond acceptors (Lipinski definition) is 8. The van der Waals surface area contributed by atoms with E-state index in [1.165, 1.54) is 115 Å². The molecule has 0 amide bonds. The fraction of sp³-hybridized carbons (Fsp3) is 0.400. The Bertz CT molecular complexity index is 2410. The zero-order valence-corrected chi connectivity index (χ0v) is 43.5. The van der Waals surface area contributed by atoms with Gasteiger partial charge >= 0.3 is 17.6 Å². The number of unbranched alkanes of at least 4 members (excludes halogenated alkanes) is 18. The van der Waals surface area contributed by atoms with Crippen LogP contribution in [0.4, 0.5) is 5.69 Å². The molecule has 372 valence electrons. The van der Waals surface area contributed by atoms with Crippen molar-refractivity contribution in [2.75, 3.05) is 13.2 Å². The molecule has 70 heavy (non-hydrogen) atoms. The molecule has 0 bridgehead atoms. The number of nitro groups is 1. The molecule has 0 atom stereocenters. The van der Waals surface area contributed by atoms with E-state index in [1.54, 1.807) is 72.8 Å². The maximum absolute atomic E-state index is 13.1. The number of benzene rings is 5. The van der Waals surface area contributed by atoms with Crippen LogP contribution in [0.25, 0.3) is 24.3 Å². The van der Waals surface area contributed by atoms with Gasteiger partial charge in [-0.25, -0.2) is 9.59 Å². The number of nitro benzene ring substituents is 1. The van der Waals surface area contributed by atoms with Crippen LogP contribution in [0.3, 0.4) is 0 Å². The van der Waals surface area contributed by atoms with Crippen molar-refractivity contribution >= 4 is 64.5 Å². The predicted octanol–water partition coefficient (Wildman–Crippen LogP) is 17.6. The summed E-state index contributed by atoms with van der Waals surface area (Å²) >= 11 is 2.32. The number of hydrogen-bond donors (Lipinski definition) is 0. The van der Waals surface area contributed by atoms with Crippen molar-refractivity contribution in [2.24, 2.45) is 0 Å². The first-order valence-corrected chi connectivity index (χ1v) is 26.7. The van der Waals surface area contributed by atoms with Crippen LogP contribution in [0.2, 0.25) is 0 Å². The van der Waals surface area contributed by atoms with Gasteiger partial charge in [-0.15, -0.1) is 0 Å². The monoisotopic (exact) mass is 1060 g/mol. The third-order valence-corrected chi connectivity index (χ3v) is 12.9. The topological polar surface area (TPSA) is 114 Å². The smallest absolute Gasteiger partial charge is 0.343 e. The molecule has 0 aromatic heterocycles. The molecule has 9 nitrogen and oxygen atoms in total. The lowest BCUT2D eigenvalue weighted by Gasteiger charge is -2.09. The summed E-state index contributed by atoms with van der Waals surface area (Å²) in [7, 11) is 0. The summed E-state index contributed by atoms with van der Waals surface area (Å²) in [6, 6.07) is 31.5. The number of carbonyl (C=O) groups excluding carboxylic acids is 2. The van der Waals surface area contributed by atoms with Gasteiger partial charge in [0.15, 0.2) is 5.75 Å². The maximum atomic E-state index is 13.1. The fourth-order valence-electron chi connectivity index (χ4n) is 7.96. The second-order valence-electron chi connectivity index (χ2n) is 17.9. The van der Waals surface area contributed by atoms with Gasteiger partial charge in [0.05, 0.1) is 32.8 Å². The lowest BCUT2D eigenvalue weighted by Crippen LogP contribution is -2.10. The molecule has 0 saturated carbocycles. The Kier molecular flexibility index (Phi) is 25.4. The molecule has 0 aliphatic carbocycles. The molecule has 0 heterocycles. The van der Waals surface area contributed by atoms with Crippen LogP contribution in [0.5, 0.6) is 23.0 Å². The minimum absolute atomic E-state index is 0.0723. The van der Waals surface area contributed by atoms with E-state index in [1.807, 2.05) is 36.4 Å². The van der Waals surface area contributed by atoms with Crippen molar-refractivity contribution in [3.8, 4) is 23.0 Å². The molecule has 0 spiro atoms. The number of nitrogens with zero attached hydrogens (tertiary/aromatic N) is 1. The molecule has 5 aromatic rings. The highest BCUT2D eigenvalue weighted by molar-refractivity contribution is 14.1. The van der Waals surface area contributed by atoms with Crippen molar-refractivity contribution in [3.63, 3.8) is 0 Å². The van der Waals surface area contributed by atoms with Crippen molar-refractivity contribution in [3.05, 3.63) is 156 Å². The molecule has 0 N–H and O–H groups in total. The molecule has 10 heteroatoms. The predicted molar refractivity (Wildman–Crippen MR) is 294 cm³/mol. The highest BCUT2D eigenvalue weighted by Crippen LogP contribution is 2.30. The van der Waals surface area contributed by atoms with E-state index in [2.05, 4.69) is 48.6 Å². The van der Waals surface area contributed by atoms with E-state index in [4.69, 9.17) is 18.9 Å². The van der Waals surface area contributed by atoms with Crippen LogP contribution in [-0.4, -0.2) is 30.1 Å². The maximum Gasteiger partial charge on any atom is 0.343 e. The zero-order chi connectivity index (χ0) is 49.6. The molecular weight excluding hydrogens is 990 g/mol. The minimum Gasteiger partial charge on any atom is -0.492 e. The summed E-state index contributed by atoms with van der Waals surface area (Å²) in [5.74, 6) is 0.522. The van der Waals surface area contributed by atoms with Gasteiger partial charge < -0.3 is 18.9 Å². The Hall–Kier alpha value is -5.75. The highest BCUT2D eigenvalue weighted by atomic mass is 127. The van der Waals surface area contributed by atoms with Crippen LogP contribution in [-0.2, 0) is 0 Å². The van der Waals surface area contributed by atoms with E-state index in [9.17, 15) is 19.7 Å². The summed E-state index contributed by atoms with van der Waals surface area (Å²) in [6.07, 6.45) is 32.7. The van der Waals surface area contributed by atoms with E-state index < -0.39 is 16.9 Å². The van der Waals surface area contributed by atoms with Gasteiger partial charge in [-0.3, -0.25) is 10.1 Å². The lowest BCUT2D eigenvalue weighted by molar-refractivity contribution is -0.385. The van der Waals surface area contributed by atoms with Gasteiger partial charge in [0.25, 0.3) is 0 Å². The minimum atomic E-state index is -0.578. The number of esters is 2. The van der Waals surface area contributed by atoms with Crippen LogP contribution in [0, 0.1) is 13.7 Å². The largest absolute Gasteiger partial charge is 0.492 e. The Balaban J connectivity index is 1.02. The van der Waals surface area contributed by atoms with Crippen LogP contribution < -0.4 is 18.9 Å². The fourth-order valence-corrected chi connectivity index (χ4v) is 8.66. The standard InChI is InChI=1S/C60H72INO8/c1-3-5-7-9-11-13-15-17-19-21-42-67-57-40-34-49(44-55(57)61)28-26-47-30-36-51(37-31-47)59(63)69-53-24-23-25-54(46-53)70-60(64)52-38-32-48(33-39-52)27-29-50-35-41-58(56(45-50)62(65)66)68-43-22-20-18-16-14-12-10-8-6-4-2/h23-41,44-46H,3-22,42-43H2,1-2H3/b28-26+,29-27+. The molecule has 0 unspecified atom stereocenters. The van der Waals surface area contributed by atoms with E-state index in [-0.39, 0.29) is 22.9 Å². The normalized spacial score (nSPS) is 11.3. The Labute approximate surface area is 430 Å². The lowest BCUT2D eigenvalue weighted by atomic mass is 10.1. The summed E-state index contributed by atoms with van der Waals surface area (Å²) in [6.45, 7) is 5.67. The van der Waals surface area contributed by atoms with Gasteiger partial charge in [-0.1, -0.05) is 196 Å². The van der Waals surface area contributed by atoms with Gasteiger partial charge in [0.1, 0.15) is 17.2 Å². The Morgan fingerprint density at radius 2 is 0.843 bits per heavy atom. The quantitative estimate of drug-likeness (QED) is 0.00776. The Morgan fingerprint density at radius 1 is 0.471 bits per heavy atom. The van der Waals surface area contributed by atoms with E-state index in [0.717, 1.165) is 58.3 Å². The van der Waals surface area contributed by atoms with E-state index in [0.29, 0.717) is 23.3 Å². The van der Waals surface area contributed by atoms with Gasteiger partial charge in [0, 0.05) is 12.1 Å². The molecule has 0 aliphatic heterocycles. The van der Waals surface area contributed by atoms with Crippen molar-refractivity contribution < 1.29 is 33.5 Å². The molecule has 5 aromatic carbocycles. The molecule has 0 radical (unpaired) electrons. The van der Waals surface area contributed by atoms with Crippen LogP contribution in [0.1, 0.15) is 185 Å². The summed E-state index contributed by atoms with van der Waals surface area (Å²) in [4.78, 5) is 37.6. The number of halogens is 1. The number of carbonyl (C=O) groups is 2. The number of ether oxygens (including phenoxy) is 4. The first-order valence-electron chi connectivity index (χ1n) is 25.7. The average molecular weight is 1060 g/mol. The third-order valence-electron chi connectivity index (χ3n) is 12.1. The number of rotatable bonds is 33. The van der Waals surface area contributed by atoms with Crippen molar-refractivity contribution in [1.29, 1.82) is 0 Å². The zero-order valence-electron chi connectivity index (χ0n) is 41.3. The van der Waals surface area contributed by atoms with Gasteiger partial charge in [-0.05, 0) is 112 Å². The van der Waals surface area contributed by atoms with Gasteiger partial charge in [0.2, 0.25) is 0 Å². The molecule has 0 saturated heterocycles. The van der Waals surface area contributed by atoms with Gasteiger partial charge in [-0.2, -0.15) is 0 Å². The molecule has 0 aliphatic rings. The van der Waals surface area contributed by atoms with E-state index >= 15 is 0 Å². The molecular formula is C60H72INO8. The van der Waals surface area contributed by atoms with Crippen molar-refractivity contribution in [2.45, 2.75) is 142 Å². The summed E-state index contributed by atoms with van der Waals surface area (Å²) in [5, 5.41) is 11.9. The summed E-state index contributed by atoms with van der Waals surface area (Å²) < 4.78 is 24.2. The molecule has 0 fully saturated rings. The molecule has 5 rings (SSSR count). The highest BCUT2D eigenvalue weighted by Gasteiger charge is 2.16. The first kappa shape index (κ1) is 55.2. The second kappa shape index (κ2) is 32.2. The Morgan fingerprint density at radius 3 is 1.27 bits per heavy atom. The van der Waals surface area contributed by atoms with Crippen LogP contribution >= 0.6 is 22.6 Å². The van der Waals surface area contributed by atoms with Crippen molar-refractivity contribution in [1.82, 2.24) is 0 Å². The summed E-state index contributed by atoms with van der Waals surface area (Å²) in [5.41, 5.74) is 4.06. The second-order valence-corrected chi connectivity index (χ2v) is 19.1. The third kappa shape index (κ3) is 20.7. The SMILES string of the molecule is CCCCCCCCCCCCOc1ccc(/C=C/c2ccc(C(=O)Oc3cccc(OC(=O)c4ccc(/C=C/c5ccc(OCCCCCCCCCCCC)c([N+](=O)[O-])c5)cc4)c3)cc2)cc1I.